The summed E-state index contributed by atoms with van der Waals surface area (Å²) < 4.78 is 0. The smallest absolute Gasteiger partial charge is 0.344 e. The first-order valence-electron chi connectivity index (χ1n) is 7.98. The molecule has 0 fully saturated rings. The van der Waals surface area contributed by atoms with Gasteiger partial charge < -0.3 is 15.3 Å². The van der Waals surface area contributed by atoms with Crippen molar-refractivity contribution >= 4 is 17.6 Å². The number of oxime groups is 1. The molecule has 0 aromatic heterocycles. The Labute approximate surface area is 142 Å². The highest BCUT2D eigenvalue weighted by molar-refractivity contribution is 5.87. The number of benzene rings is 1. The van der Waals surface area contributed by atoms with Gasteiger partial charge in [0.15, 0.2) is 0 Å². The number of likely N-dealkylation sites (N-methyl/N-ethyl adjacent to an activating group) is 1. The van der Waals surface area contributed by atoms with E-state index >= 15 is 0 Å². The Hall–Kier alpha value is -2.37. The highest BCUT2D eigenvalue weighted by atomic mass is 16.6. The van der Waals surface area contributed by atoms with Gasteiger partial charge in [-0.05, 0) is 30.9 Å². The highest BCUT2D eigenvalue weighted by Crippen LogP contribution is 2.29. The van der Waals surface area contributed by atoms with Crippen molar-refractivity contribution in [1.82, 2.24) is 5.32 Å². The number of hydrogen-bond donors (Lipinski definition) is 2. The van der Waals surface area contributed by atoms with E-state index < -0.39 is 12.6 Å². The predicted octanol–water partition coefficient (Wildman–Crippen LogP) is 2.41. The lowest BCUT2D eigenvalue weighted by atomic mass is 9.77. The fraction of sp³-hybridized carbons (Fsp3) is 0.500. The lowest BCUT2D eigenvalue weighted by Gasteiger charge is -2.28. The van der Waals surface area contributed by atoms with Crippen molar-refractivity contribution in [2.45, 2.75) is 40.0 Å². The second-order valence-corrected chi connectivity index (χ2v) is 6.10. The molecule has 0 heterocycles. The van der Waals surface area contributed by atoms with Crippen LogP contribution in [0.3, 0.4) is 0 Å². The van der Waals surface area contributed by atoms with Crippen LogP contribution in [0.4, 0.5) is 0 Å². The number of carboxylic acids is 1. The van der Waals surface area contributed by atoms with Crippen LogP contribution in [-0.2, 0) is 27.3 Å². The SMILES string of the molecule is CCC(C)(Cc1ccc(CC(=O)NC)cc1)/C(C)=N/OCC(=O)O. The van der Waals surface area contributed by atoms with Crippen LogP contribution in [-0.4, -0.2) is 36.3 Å². The van der Waals surface area contributed by atoms with Crippen molar-refractivity contribution in [3.63, 3.8) is 0 Å². The van der Waals surface area contributed by atoms with Crippen molar-refractivity contribution in [2.24, 2.45) is 10.6 Å². The zero-order valence-corrected chi connectivity index (χ0v) is 14.8. The van der Waals surface area contributed by atoms with Gasteiger partial charge >= 0.3 is 5.97 Å². The van der Waals surface area contributed by atoms with Crippen molar-refractivity contribution in [3.8, 4) is 0 Å². The first-order valence-corrected chi connectivity index (χ1v) is 7.98. The highest BCUT2D eigenvalue weighted by Gasteiger charge is 2.27. The number of nitrogens with zero attached hydrogens (tertiary/aromatic N) is 1. The zero-order valence-electron chi connectivity index (χ0n) is 14.8. The van der Waals surface area contributed by atoms with Crippen molar-refractivity contribution < 1.29 is 19.5 Å². The topological polar surface area (TPSA) is 88.0 Å². The van der Waals surface area contributed by atoms with Gasteiger partial charge in [0.2, 0.25) is 12.5 Å². The Morgan fingerprint density at radius 3 is 2.33 bits per heavy atom. The fourth-order valence-corrected chi connectivity index (χ4v) is 2.30. The first kappa shape index (κ1) is 19.7. The van der Waals surface area contributed by atoms with E-state index in [0.717, 1.165) is 29.7 Å². The second-order valence-electron chi connectivity index (χ2n) is 6.10. The maximum absolute atomic E-state index is 11.4. The molecular weight excluding hydrogens is 308 g/mol. The van der Waals surface area contributed by atoms with Gasteiger partial charge in [0.25, 0.3) is 0 Å². The van der Waals surface area contributed by atoms with Crippen molar-refractivity contribution in [3.05, 3.63) is 35.4 Å². The van der Waals surface area contributed by atoms with Crippen molar-refractivity contribution in [1.29, 1.82) is 0 Å². The molecule has 6 nitrogen and oxygen atoms in total. The third-order valence-electron chi connectivity index (χ3n) is 4.30. The lowest BCUT2D eigenvalue weighted by molar-refractivity contribution is -0.142. The van der Waals surface area contributed by atoms with E-state index in [1.807, 2.05) is 31.2 Å². The zero-order chi connectivity index (χ0) is 18.2. The molecule has 1 unspecified atom stereocenters. The molecule has 24 heavy (non-hydrogen) atoms. The van der Waals surface area contributed by atoms with Gasteiger partial charge in [-0.15, -0.1) is 0 Å². The van der Waals surface area contributed by atoms with E-state index in [1.165, 1.54) is 0 Å². The van der Waals surface area contributed by atoms with E-state index in [0.29, 0.717) is 6.42 Å². The number of carboxylic acid groups (broad SMARTS) is 1. The normalized spacial score (nSPS) is 13.9. The minimum absolute atomic E-state index is 0.0142. The average Bonchev–Trinajstić information content (AvgIpc) is 2.55. The maximum Gasteiger partial charge on any atom is 0.344 e. The molecule has 0 bridgehead atoms. The van der Waals surface area contributed by atoms with E-state index in [2.05, 4.69) is 24.3 Å². The largest absolute Gasteiger partial charge is 0.479 e. The Morgan fingerprint density at radius 1 is 1.25 bits per heavy atom. The molecule has 1 amide bonds. The number of carbonyl (C=O) groups excluding carboxylic acids is 1. The van der Waals surface area contributed by atoms with Crippen LogP contribution in [0, 0.1) is 5.41 Å². The summed E-state index contributed by atoms with van der Waals surface area (Å²) in [5.41, 5.74) is 2.64. The quantitative estimate of drug-likeness (QED) is 0.536. The van der Waals surface area contributed by atoms with Gasteiger partial charge in [-0.3, -0.25) is 4.79 Å². The van der Waals surface area contributed by atoms with E-state index in [-0.39, 0.29) is 11.3 Å². The number of nitrogens with one attached hydrogen (secondary N) is 1. The molecule has 6 heteroatoms. The monoisotopic (exact) mass is 334 g/mol. The summed E-state index contributed by atoms with van der Waals surface area (Å²) in [7, 11) is 1.62. The van der Waals surface area contributed by atoms with Crippen LogP contribution < -0.4 is 5.32 Å². The van der Waals surface area contributed by atoms with Crippen LogP contribution >= 0.6 is 0 Å². The number of hydrogen-bond acceptors (Lipinski definition) is 4. The van der Waals surface area contributed by atoms with E-state index in [1.54, 1.807) is 7.05 Å². The van der Waals surface area contributed by atoms with Gasteiger partial charge in [0.05, 0.1) is 12.1 Å². The molecule has 0 saturated carbocycles. The molecule has 1 atom stereocenters. The van der Waals surface area contributed by atoms with Crippen LogP contribution in [0.1, 0.15) is 38.3 Å². The Bertz CT molecular complexity index is 596. The second kappa shape index (κ2) is 9.05. The Kier molecular flexibility index (Phi) is 7.42. The van der Waals surface area contributed by atoms with E-state index in [9.17, 15) is 9.59 Å². The van der Waals surface area contributed by atoms with Gasteiger partial charge in [0.1, 0.15) is 0 Å². The van der Waals surface area contributed by atoms with Crippen LogP contribution in [0.2, 0.25) is 0 Å². The first-order chi connectivity index (χ1) is 11.3. The minimum Gasteiger partial charge on any atom is -0.479 e. The molecule has 1 rings (SSSR count). The average molecular weight is 334 g/mol. The predicted molar refractivity (Wildman–Crippen MR) is 93.0 cm³/mol. The number of aliphatic carboxylic acids is 1. The van der Waals surface area contributed by atoms with E-state index in [4.69, 9.17) is 9.94 Å². The molecule has 132 valence electrons. The lowest BCUT2D eigenvalue weighted by Crippen LogP contribution is -2.28. The summed E-state index contributed by atoms with van der Waals surface area (Å²) in [6, 6.07) is 7.93. The van der Waals surface area contributed by atoms with Crippen molar-refractivity contribution in [2.75, 3.05) is 13.7 Å². The summed E-state index contributed by atoms with van der Waals surface area (Å²) in [5, 5.41) is 15.2. The van der Waals surface area contributed by atoms with Gasteiger partial charge in [-0.25, -0.2) is 4.79 Å². The molecule has 0 aliphatic rings. The Morgan fingerprint density at radius 2 is 1.83 bits per heavy atom. The maximum atomic E-state index is 11.4. The summed E-state index contributed by atoms with van der Waals surface area (Å²) in [6.07, 6.45) is 1.97. The van der Waals surface area contributed by atoms with Crippen LogP contribution in [0.15, 0.2) is 29.4 Å². The van der Waals surface area contributed by atoms with Crippen LogP contribution in [0.5, 0.6) is 0 Å². The summed E-state index contributed by atoms with van der Waals surface area (Å²) in [5.74, 6) is -1.06. The minimum atomic E-state index is -1.04. The molecule has 0 radical (unpaired) electrons. The molecule has 1 aromatic rings. The van der Waals surface area contributed by atoms with Gasteiger partial charge in [0, 0.05) is 12.5 Å². The Balaban J connectivity index is 2.79. The molecule has 0 saturated heterocycles. The summed E-state index contributed by atoms with van der Waals surface area (Å²) >= 11 is 0. The molecule has 1 aromatic carbocycles. The molecular formula is C18H26N2O4. The molecule has 0 spiro atoms. The number of carbonyl (C=O) groups is 2. The number of amides is 1. The van der Waals surface area contributed by atoms with Crippen LogP contribution in [0.25, 0.3) is 0 Å². The third-order valence-corrected chi connectivity index (χ3v) is 4.30. The fourth-order valence-electron chi connectivity index (χ4n) is 2.30. The summed E-state index contributed by atoms with van der Waals surface area (Å²) in [4.78, 5) is 26.8. The van der Waals surface area contributed by atoms with Gasteiger partial charge in [-0.1, -0.05) is 43.3 Å². The summed E-state index contributed by atoms with van der Waals surface area (Å²) in [6.45, 7) is 5.56. The molecule has 2 N–H and O–H groups in total. The molecule has 0 aliphatic heterocycles. The standard InChI is InChI=1S/C18H26N2O4/c1-5-18(3,13(2)20-24-12-17(22)23)11-15-8-6-14(7-9-15)10-16(21)19-4/h6-9H,5,10-12H2,1-4H3,(H,19,21)(H,22,23)/b20-13+. The number of rotatable bonds is 9. The third kappa shape index (κ3) is 6.02. The van der Waals surface area contributed by atoms with Gasteiger partial charge in [-0.2, -0.15) is 0 Å². The molecule has 0 aliphatic carbocycles.